The van der Waals surface area contributed by atoms with E-state index >= 15 is 0 Å². The van der Waals surface area contributed by atoms with Crippen LogP contribution in [-0.2, 0) is 0 Å². The highest BCUT2D eigenvalue weighted by Crippen LogP contribution is 2.28. The van der Waals surface area contributed by atoms with Crippen LogP contribution in [0, 0.1) is 11.3 Å². The smallest absolute Gasteiger partial charge is 0.149 e. The molecule has 3 aromatic carbocycles. The minimum absolute atomic E-state index is 0.171. The minimum atomic E-state index is -0.171. The first-order chi connectivity index (χ1) is 10.9. The van der Waals surface area contributed by atoms with Gasteiger partial charge in [0.25, 0.3) is 0 Å². The molecule has 106 valence electrons. The van der Waals surface area contributed by atoms with Crippen LogP contribution in [0.5, 0.6) is 5.75 Å². The summed E-state index contributed by atoms with van der Waals surface area (Å²) >= 11 is 0. The molecule has 0 spiro atoms. The van der Waals surface area contributed by atoms with Gasteiger partial charge in [-0.05, 0) is 35.4 Å². The van der Waals surface area contributed by atoms with Gasteiger partial charge in [-0.2, -0.15) is 5.26 Å². The lowest BCUT2D eigenvalue weighted by Gasteiger charge is -2.20. The third-order valence-electron chi connectivity index (χ3n) is 3.44. The molecule has 0 saturated carbocycles. The van der Waals surface area contributed by atoms with Gasteiger partial charge in [0.05, 0.1) is 11.6 Å². The zero-order valence-corrected chi connectivity index (χ0v) is 12.0. The Labute approximate surface area is 130 Å². The molecule has 3 rings (SSSR count). The zero-order valence-electron chi connectivity index (χ0n) is 12.0. The molecule has 0 fully saturated rings. The SMILES string of the molecule is N#Cc1ccc(OC(c2ccccc2)c2ccccc2)cc1. The molecular formula is C20H15NO. The van der Waals surface area contributed by atoms with Crippen LogP contribution in [0.25, 0.3) is 0 Å². The van der Waals surface area contributed by atoms with E-state index in [0.29, 0.717) is 5.56 Å². The lowest BCUT2D eigenvalue weighted by atomic mass is 10.0. The second-order valence-electron chi connectivity index (χ2n) is 4.96. The summed E-state index contributed by atoms with van der Waals surface area (Å²) in [6.07, 6.45) is -0.171. The van der Waals surface area contributed by atoms with Crippen LogP contribution in [0.1, 0.15) is 22.8 Å². The number of nitriles is 1. The van der Waals surface area contributed by atoms with E-state index in [1.165, 1.54) is 0 Å². The summed E-state index contributed by atoms with van der Waals surface area (Å²) in [7, 11) is 0. The fourth-order valence-corrected chi connectivity index (χ4v) is 2.33. The molecule has 2 heteroatoms. The molecule has 0 atom stereocenters. The Hall–Kier alpha value is -3.05. The largest absolute Gasteiger partial charge is 0.481 e. The van der Waals surface area contributed by atoms with Crippen molar-refractivity contribution in [3.63, 3.8) is 0 Å². The molecule has 22 heavy (non-hydrogen) atoms. The second kappa shape index (κ2) is 6.60. The number of hydrogen-bond acceptors (Lipinski definition) is 2. The van der Waals surface area contributed by atoms with E-state index in [9.17, 15) is 0 Å². The van der Waals surface area contributed by atoms with Crippen molar-refractivity contribution in [1.29, 1.82) is 5.26 Å². The van der Waals surface area contributed by atoms with Crippen LogP contribution in [0.2, 0.25) is 0 Å². The van der Waals surface area contributed by atoms with Crippen LogP contribution < -0.4 is 4.74 Å². The van der Waals surface area contributed by atoms with Gasteiger partial charge in [-0.25, -0.2) is 0 Å². The molecule has 2 nitrogen and oxygen atoms in total. The molecule has 0 unspecified atom stereocenters. The van der Waals surface area contributed by atoms with Gasteiger partial charge in [0.15, 0.2) is 0 Å². The van der Waals surface area contributed by atoms with Crippen molar-refractivity contribution in [3.05, 3.63) is 102 Å². The monoisotopic (exact) mass is 285 g/mol. The number of hydrogen-bond donors (Lipinski definition) is 0. The fourth-order valence-electron chi connectivity index (χ4n) is 2.33. The van der Waals surface area contributed by atoms with E-state index in [1.54, 1.807) is 12.1 Å². The van der Waals surface area contributed by atoms with Crippen molar-refractivity contribution in [2.45, 2.75) is 6.10 Å². The molecule has 3 aromatic rings. The first-order valence-electron chi connectivity index (χ1n) is 7.13. The normalized spacial score (nSPS) is 10.2. The maximum atomic E-state index is 8.88. The van der Waals surface area contributed by atoms with E-state index in [-0.39, 0.29) is 6.10 Å². The van der Waals surface area contributed by atoms with Gasteiger partial charge in [0.1, 0.15) is 11.9 Å². The van der Waals surface area contributed by atoms with E-state index in [1.807, 2.05) is 48.5 Å². The van der Waals surface area contributed by atoms with Gasteiger partial charge in [-0.3, -0.25) is 0 Å². The number of nitrogens with zero attached hydrogens (tertiary/aromatic N) is 1. The van der Waals surface area contributed by atoms with Crippen molar-refractivity contribution >= 4 is 0 Å². The molecule has 0 bridgehead atoms. The maximum Gasteiger partial charge on any atom is 0.149 e. The van der Waals surface area contributed by atoms with Gasteiger partial charge in [-0.1, -0.05) is 60.7 Å². The van der Waals surface area contributed by atoms with E-state index in [2.05, 4.69) is 30.3 Å². The van der Waals surface area contributed by atoms with Crippen LogP contribution in [0.3, 0.4) is 0 Å². The first-order valence-corrected chi connectivity index (χ1v) is 7.13. The summed E-state index contributed by atoms with van der Waals surface area (Å²) in [5.74, 6) is 0.747. The lowest BCUT2D eigenvalue weighted by molar-refractivity contribution is 0.247. The highest BCUT2D eigenvalue weighted by Gasteiger charge is 2.15. The van der Waals surface area contributed by atoms with Crippen molar-refractivity contribution in [2.24, 2.45) is 0 Å². The molecule has 0 radical (unpaired) electrons. The summed E-state index contributed by atoms with van der Waals surface area (Å²) in [4.78, 5) is 0. The van der Waals surface area contributed by atoms with E-state index in [4.69, 9.17) is 10.00 Å². The number of benzene rings is 3. The summed E-state index contributed by atoms with van der Waals surface area (Å²) in [6.45, 7) is 0. The predicted octanol–water partition coefficient (Wildman–Crippen LogP) is 4.73. The van der Waals surface area contributed by atoms with Crippen molar-refractivity contribution in [2.75, 3.05) is 0 Å². The summed E-state index contributed by atoms with van der Waals surface area (Å²) in [5.41, 5.74) is 2.82. The van der Waals surface area contributed by atoms with Gasteiger partial charge in [0.2, 0.25) is 0 Å². The predicted molar refractivity (Wildman–Crippen MR) is 86.5 cm³/mol. The van der Waals surface area contributed by atoms with Crippen molar-refractivity contribution < 1.29 is 4.74 Å². The van der Waals surface area contributed by atoms with Crippen molar-refractivity contribution in [1.82, 2.24) is 0 Å². The Morgan fingerprint density at radius 2 is 1.18 bits per heavy atom. The molecule has 0 aliphatic carbocycles. The summed E-state index contributed by atoms with van der Waals surface area (Å²) in [5, 5.41) is 8.88. The van der Waals surface area contributed by atoms with E-state index in [0.717, 1.165) is 16.9 Å². The topological polar surface area (TPSA) is 33.0 Å². The molecular weight excluding hydrogens is 270 g/mol. The Morgan fingerprint density at radius 3 is 1.64 bits per heavy atom. The molecule has 0 aliphatic rings. The van der Waals surface area contributed by atoms with Crippen LogP contribution in [-0.4, -0.2) is 0 Å². The highest BCUT2D eigenvalue weighted by atomic mass is 16.5. The van der Waals surface area contributed by atoms with Gasteiger partial charge < -0.3 is 4.74 Å². The number of ether oxygens (including phenoxy) is 1. The Morgan fingerprint density at radius 1 is 0.682 bits per heavy atom. The van der Waals surface area contributed by atoms with Gasteiger partial charge in [-0.15, -0.1) is 0 Å². The fraction of sp³-hybridized carbons (Fsp3) is 0.0500. The van der Waals surface area contributed by atoms with Crippen LogP contribution in [0.4, 0.5) is 0 Å². The van der Waals surface area contributed by atoms with Crippen LogP contribution in [0.15, 0.2) is 84.9 Å². The minimum Gasteiger partial charge on any atom is -0.481 e. The molecule has 0 amide bonds. The third kappa shape index (κ3) is 3.16. The van der Waals surface area contributed by atoms with E-state index < -0.39 is 0 Å². The lowest BCUT2D eigenvalue weighted by Crippen LogP contribution is -2.09. The second-order valence-corrected chi connectivity index (χ2v) is 4.96. The average molecular weight is 285 g/mol. The first kappa shape index (κ1) is 13.9. The van der Waals surface area contributed by atoms with Crippen LogP contribution >= 0.6 is 0 Å². The Balaban J connectivity index is 1.94. The summed E-state index contributed by atoms with van der Waals surface area (Å²) in [6, 6.07) is 29.6. The molecule has 0 aliphatic heterocycles. The molecule has 0 heterocycles. The number of rotatable bonds is 4. The third-order valence-corrected chi connectivity index (χ3v) is 3.44. The highest BCUT2D eigenvalue weighted by molar-refractivity contribution is 5.37. The Bertz CT molecular complexity index is 719. The van der Waals surface area contributed by atoms with Crippen molar-refractivity contribution in [3.8, 4) is 11.8 Å². The molecule has 0 N–H and O–H groups in total. The quantitative estimate of drug-likeness (QED) is 0.694. The van der Waals surface area contributed by atoms with Gasteiger partial charge in [0, 0.05) is 0 Å². The maximum absolute atomic E-state index is 8.88. The zero-order chi connectivity index (χ0) is 15.2. The van der Waals surface area contributed by atoms with Gasteiger partial charge >= 0.3 is 0 Å². The molecule has 0 saturated heterocycles. The average Bonchev–Trinajstić information content (AvgIpc) is 2.62. The molecule has 0 aromatic heterocycles. The standard InChI is InChI=1S/C20H15NO/c21-15-16-11-13-19(14-12-16)22-20(17-7-3-1-4-8-17)18-9-5-2-6-10-18/h1-14,20H. The Kier molecular flexibility index (Phi) is 4.17. The summed E-state index contributed by atoms with van der Waals surface area (Å²) < 4.78 is 6.18.